The van der Waals surface area contributed by atoms with Crippen LogP contribution in [0.4, 0.5) is 0 Å². The van der Waals surface area contributed by atoms with Crippen LogP contribution in [0.25, 0.3) is 32.8 Å². The van der Waals surface area contributed by atoms with E-state index in [1.54, 1.807) is 23.4 Å². The topological polar surface area (TPSA) is 100 Å². The zero-order chi connectivity index (χ0) is 17.0. The molecule has 1 atom stereocenters. The highest BCUT2D eigenvalue weighted by molar-refractivity contribution is 6.17. The smallest absolute Gasteiger partial charge is 0.214 e. The molecule has 0 radical (unpaired) electrons. The Hall–Kier alpha value is -3.01. The number of hydrogen-bond acceptors (Lipinski definition) is 5. The van der Waals surface area contributed by atoms with Gasteiger partial charge < -0.3 is 4.98 Å². The lowest BCUT2D eigenvalue weighted by Gasteiger charge is -2.22. The van der Waals surface area contributed by atoms with Gasteiger partial charge in [0.1, 0.15) is 5.52 Å². The first kappa shape index (κ1) is 14.3. The fourth-order valence-corrected chi connectivity index (χ4v) is 4.37. The summed E-state index contributed by atoms with van der Waals surface area (Å²) in [4.78, 5) is 24.7. The van der Waals surface area contributed by atoms with Crippen LogP contribution in [0.2, 0.25) is 0 Å². The fourth-order valence-electron chi connectivity index (χ4n) is 4.37. The van der Waals surface area contributed by atoms with E-state index in [0.717, 1.165) is 29.1 Å². The summed E-state index contributed by atoms with van der Waals surface area (Å²) in [5, 5.41) is 16.0. The normalized spacial score (nSPS) is 16.9. The molecule has 0 aliphatic heterocycles. The van der Waals surface area contributed by atoms with Gasteiger partial charge in [-0.05, 0) is 18.8 Å². The number of rotatable bonds is 3. The minimum absolute atomic E-state index is 0.0537. The highest BCUT2D eigenvalue weighted by atomic mass is 16.1. The minimum Gasteiger partial charge on any atom is -0.345 e. The second-order valence-corrected chi connectivity index (χ2v) is 6.80. The molecule has 7 nitrogen and oxygen atoms in total. The fraction of sp³-hybridized carbons (Fsp3) is 0.389. The molecule has 1 fully saturated rings. The van der Waals surface area contributed by atoms with Crippen molar-refractivity contribution in [3.05, 3.63) is 28.9 Å². The third-order valence-electron chi connectivity index (χ3n) is 5.54. The number of nitrogens with one attached hydrogen (secondary N) is 1. The van der Waals surface area contributed by atoms with E-state index in [-0.39, 0.29) is 11.5 Å². The molecule has 1 aliphatic rings. The average Bonchev–Trinajstić information content (AvgIpc) is 3.37. The molecule has 3 aromatic heterocycles. The number of nitrogens with zero attached hydrogens (tertiary/aromatic N) is 5. The lowest BCUT2D eigenvalue weighted by molar-refractivity contribution is 0.322. The number of hydrogen-bond donors (Lipinski definition) is 1. The molecule has 3 heterocycles. The van der Waals surface area contributed by atoms with Gasteiger partial charge >= 0.3 is 0 Å². The quantitative estimate of drug-likeness (QED) is 0.621. The predicted molar refractivity (Wildman–Crippen MR) is 93.4 cm³/mol. The number of nitriles is 1. The van der Waals surface area contributed by atoms with E-state index in [0.29, 0.717) is 28.9 Å². The first-order chi connectivity index (χ1) is 12.3. The molecule has 1 aliphatic carbocycles. The summed E-state index contributed by atoms with van der Waals surface area (Å²) in [6.07, 6.45) is 9.82. The van der Waals surface area contributed by atoms with E-state index in [4.69, 9.17) is 0 Å². The van der Waals surface area contributed by atoms with Crippen molar-refractivity contribution < 1.29 is 0 Å². The Balaban J connectivity index is 1.84. The maximum absolute atomic E-state index is 13.1. The van der Waals surface area contributed by atoms with Crippen molar-refractivity contribution in [2.75, 3.05) is 0 Å². The highest BCUT2D eigenvalue weighted by Crippen LogP contribution is 2.38. The Bertz CT molecular complexity index is 1180. The summed E-state index contributed by atoms with van der Waals surface area (Å²) >= 11 is 0. The lowest BCUT2D eigenvalue weighted by atomic mass is 9.95. The summed E-state index contributed by atoms with van der Waals surface area (Å²) < 4.78 is 1.80. The standard InChI is InChI=1S/C18H16N6O/c19-6-5-13(10-3-1-2-4-10)24-16-12(8-23-24)15-14-11(17(16)25)7-20-18(14)22-9-21-15/h7-10,13H,1-5H2,(H,20,21,22). The van der Waals surface area contributed by atoms with Crippen molar-refractivity contribution in [1.29, 1.82) is 5.26 Å². The Labute approximate surface area is 142 Å². The van der Waals surface area contributed by atoms with Crippen molar-refractivity contribution in [3.8, 4) is 6.07 Å². The molecular weight excluding hydrogens is 316 g/mol. The third-order valence-corrected chi connectivity index (χ3v) is 5.54. The van der Waals surface area contributed by atoms with Crippen molar-refractivity contribution in [3.63, 3.8) is 0 Å². The van der Waals surface area contributed by atoms with Crippen LogP contribution >= 0.6 is 0 Å². The van der Waals surface area contributed by atoms with Gasteiger partial charge in [-0.1, -0.05) is 12.8 Å². The number of aromatic amines is 1. The Morgan fingerprint density at radius 3 is 2.92 bits per heavy atom. The van der Waals surface area contributed by atoms with Gasteiger partial charge in [-0.25, -0.2) is 9.97 Å². The SMILES string of the molecule is N#CCC(C1CCCC1)n1ncc2c3[nH]cnc4ncc(c(=O)c21)c43. The predicted octanol–water partition coefficient (Wildman–Crippen LogP) is 2.90. The van der Waals surface area contributed by atoms with E-state index in [2.05, 4.69) is 26.1 Å². The Kier molecular flexibility index (Phi) is 3.01. The van der Waals surface area contributed by atoms with Crippen molar-refractivity contribution in [2.24, 2.45) is 5.92 Å². The summed E-state index contributed by atoms with van der Waals surface area (Å²) in [6.45, 7) is 0. The van der Waals surface area contributed by atoms with E-state index in [1.165, 1.54) is 12.8 Å². The summed E-state index contributed by atoms with van der Waals surface area (Å²) in [5.74, 6) is 0.400. The number of H-pyrrole nitrogens is 1. The maximum Gasteiger partial charge on any atom is 0.214 e. The van der Waals surface area contributed by atoms with Crippen molar-refractivity contribution in [2.45, 2.75) is 38.1 Å². The number of aromatic nitrogens is 5. The zero-order valence-corrected chi connectivity index (χ0v) is 13.6. The maximum atomic E-state index is 13.1. The van der Waals surface area contributed by atoms with Crippen LogP contribution in [0, 0.1) is 17.2 Å². The minimum atomic E-state index is -0.0789. The van der Waals surface area contributed by atoms with Gasteiger partial charge in [0.2, 0.25) is 5.43 Å². The van der Waals surface area contributed by atoms with Gasteiger partial charge in [-0.2, -0.15) is 10.4 Å². The van der Waals surface area contributed by atoms with Gasteiger partial charge in [0.05, 0.1) is 47.3 Å². The molecule has 1 unspecified atom stereocenters. The summed E-state index contributed by atoms with van der Waals surface area (Å²) in [6, 6.07) is 2.23. The summed E-state index contributed by atoms with van der Waals surface area (Å²) in [5.41, 5.74) is 1.89. The van der Waals surface area contributed by atoms with Crippen LogP contribution in [0.1, 0.15) is 38.1 Å². The van der Waals surface area contributed by atoms with Gasteiger partial charge in [-0.3, -0.25) is 9.48 Å². The zero-order valence-electron chi connectivity index (χ0n) is 13.6. The first-order valence-electron chi connectivity index (χ1n) is 8.61. The second kappa shape index (κ2) is 5.24. The van der Waals surface area contributed by atoms with Crippen LogP contribution in [0.5, 0.6) is 0 Å². The molecule has 0 saturated heterocycles. The largest absolute Gasteiger partial charge is 0.345 e. The van der Waals surface area contributed by atoms with Crippen LogP contribution < -0.4 is 5.43 Å². The van der Waals surface area contributed by atoms with Gasteiger partial charge in [-0.15, -0.1) is 0 Å². The molecular formula is C18H16N6O. The number of benzene rings is 1. The Morgan fingerprint density at radius 1 is 1.28 bits per heavy atom. The van der Waals surface area contributed by atoms with Gasteiger partial charge in [0, 0.05) is 11.6 Å². The molecule has 1 N–H and O–H groups in total. The molecule has 0 bridgehead atoms. The molecule has 25 heavy (non-hydrogen) atoms. The van der Waals surface area contributed by atoms with E-state index in [1.807, 2.05) is 0 Å². The van der Waals surface area contributed by atoms with E-state index < -0.39 is 0 Å². The molecule has 7 heteroatoms. The van der Waals surface area contributed by atoms with Crippen LogP contribution in [-0.2, 0) is 0 Å². The molecule has 5 rings (SSSR count). The van der Waals surface area contributed by atoms with Crippen molar-refractivity contribution >= 4 is 32.8 Å². The molecule has 1 saturated carbocycles. The number of fused-ring (bicyclic) bond motifs is 2. The summed E-state index contributed by atoms with van der Waals surface area (Å²) in [7, 11) is 0. The average molecular weight is 332 g/mol. The van der Waals surface area contributed by atoms with Crippen LogP contribution in [0.15, 0.2) is 23.5 Å². The van der Waals surface area contributed by atoms with Gasteiger partial charge in [0.15, 0.2) is 5.65 Å². The van der Waals surface area contributed by atoms with Crippen LogP contribution in [-0.4, -0.2) is 24.7 Å². The third kappa shape index (κ3) is 1.91. The van der Waals surface area contributed by atoms with Crippen molar-refractivity contribution in [1.82, 2.24) is 24.7 Å². The highest BCUT2D eigenvalue weighted by Gasteiger charge is 2.29. The molecule has 124 valence electrons. The van der Waals surface area contributed by atoms with Crippen LogP contribution in [0.3, 0.4) is 0 Å². The molecule has 0 amide bonds. The van der Waals surface area contributed by atoms with Gasteiger partial charge in [0.25, 0.3) is 0 Å². The van der Waals surface area contributed by atoms with E-state index >= 15 is 0 Å². The molecule has 1 aromatic carbocycles. The first-order valence-corrected chi connectivity index (χ1v) is 8.61. The Morgan fingerprint density at radius 2 is 2.12 bits per heavy atom. The molecule has 0 spiro atoms. The monoisotopic (exact) mass is 332 g/mol. The lowest BCUT2D eigenvalue weighted by Crippen LogP contribution is -2.21. The molecule has 4 aromatic rings. The second-order valence-electron chi connectivity index (χ2n) is 6.80. The van der Waals surface area contributed by atoms with E-state index in [9.17, 15) is 10.1 Å².